The van der Waals surface area contributed by atoms with Gasteiger partial charge in [0.15, 0.2) is 11.6 Å². The number of phenols is 1. The number of fused-ring (bicyclic) bond motifs is 2. The van der Waals surface area contributed by atoms with E-state index in [2.05, 4.69) is 0 Å². The summed E-state index contributed by atoms with van der Waals surface area (Å²) in [6.07, 6.45) is -0.476. The van der Waals surface area contributed by atoms with E-state index in [1.807, 2.05) is 0 Å². The predicted octanol–water partition coefficient (Wildman–Crippen LogP) is 1.65. The van der Waals surface area contributed by atoms with Gasteiger partial charge in [-0.15, -0.1) is 0 Å². The standard InChI is InChI=1S/C16H20O6/c1-16(21-3)6-10-11(7-22-16)15(19)13-9(14(10)18)4-8(20-2)5-12(13)17/h4-5,10-11,14,17-18H,6-7H2,1-3H3/t10-,11-,14-,16-/m0/s1. The van der Waals surface area contributed by atoms with Crippen molar-refractivity contribution in [2.75, 3.05) is 20.8 Å². The Morgan fingerprint density at radius 1 is 1.36 bits per heavy atom. The number of rotatable bonds is 2. The number of carbonyl (C=O) groups excluding carboxylic acids is 1. The van der Waals surface area contributed by atoms with E-state index < -0.39 is 17.8 Å². The molecule has 0 spiro atoms. The molecule has 3 rings (SSSR count). The third-order valence-corrected chi connectivity index (χ3v) is 4.79. The summed E-state index contributed by atoms with van der Waals surface area (Å²) in [5.41, 5.74) is 0.572. The SMILES string of the molecule is COc1cc(O)c2c(c1)[C@H](O)[C@H]1C[C@@](C)(OC)OC[C@@H]1C2=O. The molecular formula is C16H20O6. The smallest absolute Gasteiger partial charge is 0.172 e. The maximum absolute atomic E-state index is 12.7. The molecule has 0 unspecified atom stereocenters. The number of hydrogen-bond acceptors (Lipinski definition) is 6. The molecule has 1 fully saturated rings. The molecule has 0 aromatic heterocycles. The molecular weight excluding hydrogens is 288 g/mol. The Morgan fingerprint density at radius 2 is 2.09 bits per heavy atom. The van der Waals surface area contributed by atoms with Gasteiger partial charge in [-0.1, -0.05) is 0 Å². The number of methoxy groups -OCH3 is 2. The van der Waals surface area contributed by atoms with Crippen molar-refractivity contribution in [3.8, 4) is 11.5 Å². The average Bonchev–Trinajstić information content (AvgIpc) is 2.51. The highest BCUT2D eigenvalue weighted by Gasteiger charge is 2.50. The second-order valence-electron chi connectivity index (χ2n) is 6.04. The fourth-order valence-electron chi connectivity index (χ4n) is 3.42. The van der Waals surface area contributed by atoms with Crippen molar-refractivity contribution in [1.82, 2.24) is 0 Å². The zero-order valence-corrected chi connectivity index (χ0v) is 12.8. The Morgan fingerprint density at radius 3 is 2.73 bits per heavy atom. The summed E-state index contributed by atoms with van der Waals surface area (Å²) in [5.74, 6) is -1.58. The summed E-state index contributed by atoms with van der Waals surface area (Å²) < 4.78 is 16.1. The first-order valence-electron chi connectivity index (χ1n) is 7.22. The van der Waals surface area contributed by atoms with Crippen molar-refractivity contribution in [3.63, 3.8) is 0 Å². The van der Waals surface area contributed by atoms with E-state index in [1.54, 1.807) is 20.1 Å². The van der Waals surface area contributed by atoms with Crippen LogP contribution in [0, 0.1) is 11.8 Å². The highest BCUT2D eigenvalue weighted by atomic mass is 16.7. The number of ether oxygens (including phenoxy) is 3. The summed E-state index contributed by atoms with van der Waals surface area (Å²) in [6, 6.07) is 2.99. The normalized spacial score (nSPS) is 34.0. The summed E-state index contributed by atoms with van der Waals surface area (Å²) >= 11 is 0. The number of Topliss-reactive ketones (excluding diaryl/α,β-unsaturated/α-hetero) is 1. The lowest BCUT2D eigenvalue weighted by Crippen LogP contribution is -2.49. The fraction of sp³-hybridized carbons (Fsp3) is 0.562. The minimum Gasteiger partial charge on any atom is -0.507 e. The molecule has 2 N–H and O–H groups in total. The number of aromatic hydroxyl groups is 1. The van der Waals surface area contributed by atoms with Gasteiger partial charge in [0, 0.05) is 25.5 Å². The van der Waals surface area contributed by atoms with Crippen LogP contribution < -0.4 is 4.74 Å². The highest BCUT2D eigenvalue weighted by Crippen LogP contribution is 2.48. The van der Waals surface area contributed by atoms with Crippen molar-refractivity contribution in [3.05, 3.63) is 23.3 Å². The predicted molar refractivity (Wildman–Crippen MR) is 76.9 cm³/mol. The molecule has 120 valence electrons. The molecule has 1 aliphatic heterocycles. The lowest BCUT2D eigenvalue weighted by molar-refractivity contribution is -0.257. The van der Waals surface area contributed by atoms with Crippen LogP contribution in [-0.2, 0) is 9.47 Å². The summed E-state index contributed by atoms with van der Waals surface area (Å²) in [6.45, 7) is 1.95. The zero-order chi connectivity index (χ0) is 16.1. The van der Waals surface area contributed by atoms with Gasteiger partial charge >= 0.3 is 0 Å². The van der Waals surface area contributed by atoms with Crippen molar-refractivity contribution < 1.29 is 29.2 Å². The first kappa shape index (κ1) is 15.3. The van der Waals surface area contributed by atoms with Gasteiger partial charge in [0.1, 0.15) is 11.5 Å². The van der Waals surface area contributed by atoms with Gasteiger partial charge in [-0.3, -0.25) is 4.79 Å². The summed E-state index contributed by atoms with van der Waals surface area (Å²) in [4.78, 5) is 12.7. The number of aliphatic hydroxyl groups is 1. The Labute approximate surface area is 128 Å². The number of benzene rings is 1. The van der Waals surface area contributed by atoms with E-state index in [-0.39, 0.29) is 29.6 Å². The molecule has 2 aliphatic rings. The van der Waals surface area contributed by atoms with Crippen LogP contribution in [-0.4, -0.2) is 42.6 Å². The molecule has 1 saturated heterocycles. The molecule has 0 bridgehead atoms. The van der Waals surface area contributed by atoms with Gasteiger partial charge in [0.25, 0.3) is 0 Å². The molecule has 6 nitrogen and oxygen atoms in total. The first-order valence-corrected chi connectivity index (χ1v) is 7.22. The van der Waals surface area contributed by atoms with Crippen LogP contribution in [0.2, 0.25) is 0 Å². The summed E-state index contributed by atoms with van der Waals surface area (Å²) in [7, 11) is 3.01. The minimum absolute atomic E-state index is 0.163. The van der Waals surface area contributed by atoms with Crippen molar-refractivity contribution >= 4 is 5.78 Å². The van der Waals surface area contributed by atoms with Crippen LogP contribution in [0.5, 0.6) is 11.5 Å². The number of ketones is 1. The van der Waals surface area contributed by atoms with Gasteiger partial charge < -0.3 is 24.4 Å². The van der Waals surface area contributed by atoms with E-state index in [0.717, 1.165) is 0 Å². The number of hydrogen-bond donors (Lipinski definition) is 2. The van der Waals surface area contributed by atoms with E-state index in [1.165, 1.54) is 13.2 Å². The maximum Gasteiger partial charge on any atom is 0.172 e. The highest BCUT2D eigenvalue weighted by molar-refractivity contribution is 6.03. The minimum atomic E-state index is -0.878. The molecule has 1 heterocycles. The van der Waals surface area contributed by atoms with Crippen LogP contribution in [0.15, 0.2) is 12.1 Å². The second-order valence-corrected chi connectivity index (χ2v) is 6.04. The Balaban J connectivity index is 2.06. The van der Waals surface area contributed by atoms with Crippen LogP contribution in [0.3, 0.4) is 0 Å². The second kappa shape index (κ2) is 5.22. The average molecular weight is 308 g/mol. The van der Waals surface area contributed by atoms with Crippen LogP contribution in [0.4, 0.5) is 0 Å². The van der Waals surface area contributed by atoms with E-state index in [9.17, 15) is 15.0 Å². The number of phenolic OH excluding ortho intramolecular Hbond substituents is 1. The molecule has 1 aromatic rings. The Kier molecular flexibility index (Phi) is 3.63. The molecule has 1 aliphatic carbocycles. The van der Waals surface area contributed by atoms with Gasteiger partial charge in [0.2, 0.25) is 0 Å². The molecule has 0 saturated carbocycles. The van der Waals surface area contributed by atoms with E-state index in [4.69, 9.17) is 14.2 Å². The van der Waals surface area contributed by atoms with Crippen LogP contribution >= 0.6 is 0 Å². The van der Waals surface area contributed by atoms with Gasteiger partial charge in [-0.25, -0.2) is 0 Å². The summed E-state index contributed by atoms with van der Waals surface area (Å²) in [5, 5.41) is 20.8. The van der Waals surface area contributed by atoms with Gasteiger partial charge in [-0.05, 0) is 18.6 Å². The van der Waals surface area contributed by atoms with Crippen LogP contribution in [0.1, 0.15) is 35.4 Å². The van der Waals surface area contributed by atoms with Crippen molar-refractivity contribution in [1.29, 1.82) is 0 Å². The molecule has 4 atom stereocenters. The van der Waals surface area contributed by atoms with Gasteiger partial charge in [-0.2, -0.15) is 0 Å². The lowest BCUT2D eigenvalue weighted by Gasteiger charge is -2.45. The first-order chi connectivity index (χ1) is 10.4. The lowest BCUT2D eigenvalue weighted by atomic mass is 9.69. The molecule has 0 radical (unpaired) electrons. The fourth-order valence-corrected chi connectivity index (χ4v) is 3.42. The van der Waals surface area contributed by atoms with E-state index in [0.29, 0.717) is 17.7 Å². The third-order valence-electron chi connectivity index (χ3n) is 4.79. The Bertz CT molecular complexity index is 613. The van der Waals surface area contributed by atoms with Gasteiger partial charge in [0.05, 0.1) is 31.3 Å². The monoisotopic (exact) mass is 308 g/mol. The third kappa shape index (κ3) is 2.18. The number of carbonyl (C=O) groups is 1. The maximum atomic E-state index is 12.7. The largest absolute Gasteiger partial charge is 0.507 e. The van der Waals surface area contributed by atoms with E-state index >= 15 is 0 Å². The number of aliphatic hydroxyl groups excluding tert-OH is 1. The molecule has 22 heavy (non-hydrogen) atoms. The Hall–Kier alpha value is -1.63. The topological polar surface area (TPSA) is 85.2 Å². The zero-order valence-electron chi connectivity index (χ0n) is 12.8. The molecule has 6 heteroatoms. The van der Waals surface area contributed by atoms with Crippen molar-refractivity contribution in [2.45, 2.75) is 25.2 Å². The molecule has 0 amide bonds. The quantitative estimate of drug-likeness (QED) is 0.864. The van der Waals surface area contributed by atoms with Crippen LogP contribution in [0.25, 0.3) is 0 Å². The molecule has 1 aromatic carbocycles. The van der Waals surface area contributed by atoms with Crippen molar-refractivity contribution in [2.24, 2.45) is 11.8 Å².